The van der Waals surface area contributed by atoms with E-state index < -0.39 is 28.3 Å². The Morgan fingerprint density at radius 1 is 1.26 bits per heavy atom. The van der Waals surface area contributed by atoms with Crippen LogP contribution in [-0.4, -0.2) is 35.1 Å². The smallest absolute Gasteiger partial charge is 0.433 e. The molecule has 0 radical (unpaired) electrons. The van der Waals surface area contributed by atoms with E-state index in [0.717, 1.165) is 12.3 Å². The Balaban J connectivity index is 2.23. The highest BCUT2D eigenvalue weighted by Crippen LogP contribution is 2.34. The Morgan fingerprint density at radius 2 is 1.94 bits per heavy atom. The Bertz CT molecular complexity index is 1230. The van der Waals surface area contributed by atoms with Gasteiger partial charge in [0.05, 0.1) is 38.6 Å². The van der Waals surface area contributed by atoms with E-state index in [4.69, 9.17) is 4.74 Å². The van der Waals surface area contributed by atoms with Gasteiger partial charge in [-0.05, 0) is 26.8 Å². The van der Waals surface area contributed by atoms with Crippen LogP contribution in [0.1, 0.15) is 32.2 Å². The summed E-state index contributed by atoms with van der Waals surface area (Å²) in [6, 6.07) is 4.45. The van der Waals surface area contributed by atoms with E-state index in [9.17, 15) is 22.6 Å². The Hall–Kier alpha value is -3.00. The van der Waals surface area contributed by atoms with Crippen LogP contribution >= 0.6 is 0 Å². The molecule has 0 amide bonds. The topological polar surface area (TPSA) is 93.7 Å². The summed E-state index contributed by atoms with van der Waals surface area (Å²) in [5.74, 6) is 0.830. The van der Waals surface area contributed by atoms with Gasteiger partial charge in [0.1, 0.15) is 23.2 Å². The molecule has 0 bridgehead atoms. The fourth-order valence-corrected chi connectivity index (χ4v) is 3.82. The quantitative estimate of drug-likeness (QED) is 0.578. The first-order valence-corrected chi connectivity index (χ1v) is 10.6. The molecule has 0 aliphatic carbocycles. The van der Waals surface area contributed by atoms with E-state index in [1.54, 1.807) is 45.4 Å². The summed E-state index contributed by atoms with van der Waals surface area (Å²) >= 11 is 0. The number of fused-ring (bicyclic) bond motifs is 1. The van der Waals surface area contributed by atoms with Crippen LogP contribution in [0.5, 0.6) is 5.75 Å². The fourth-order valence-electron chi connectivity index (χ4n) is 2.92. The van der Waals surface area contributed by atoms with Crippen LogP contribution in [0.15, 0.2) is 23.2 Å². The Kier molecular flexibility index (Phi) is 5.80. The molecule has 31 heavy (non-hydrogen) atoms. The maximum absolute atomic E-state index is 13.0. The SMILES string of the molecule is CC[S@](=O)c1cc(OC(C)(C)C#N)c(C)nc1-c1nc2cc(C(F)(F)F)ncc2n1C. The molecule has 3 aromatic heterocycles. The zero-order valence-electron chi connectivity index (χ0n) is 17.5. The molecule has 0 saturated heterocycles. The van der Waals surface area contributed by atoms with Crippen molar-refractivity contribution < 1.29 is 22.1 Å². The summed E-state index contributed by atoms with van der Waals surface area (Å²) in [6.07, 6.45) is -3.49. The second-order valence-corrected chi connectivity index (χ2v) is 9.04. The summed E-state index contributed by atoms with van der Waals surface area (Å²) in [5.41, 5.74) is -1.01. The van der Waals surface area contributed by atoms with Crippen LogP contribution in [-0.2, 0) is 24.0 Å². The molecule has 0 aliphatic heterocycles. The van der Waals surface area contributed by atoms with Crippen molar-refractivity contribution in [1.82, 2.24) is 19.5 Å². The molecule has 164 valence electrons. The molecule has 3 heterocycles. The minimum Gasteiger partial charge on any atom is -0.471 e. The molecule has 0 aliphatic rings. The van der Waals surface area contributed by atoms with Crippen LogP contribution in [0.2, 0.25) is 0 Å². The maximum atomic E-state index is 13.0. The molecule has 1 atom stereocenters. The lowest BCUT2D eigenvalue weighted by molar-refractivity contribution is -0.141. The van der Waals surface area contributed by atoms with Crippen molar-refractivity contribution in [2.45, 2.75) is 44.4 Å². The van der Waals surface area contributed by atoms with Crippen LogP contribution in [0.4, 0.5) is 13.2 Å². The lowest BCUT2D eigenvalue weighted by Gasteiger charge is -2.21. The third-order valence-electron chi connectivity index (χ3n) is 4.54. The molecule has 0 saturated carbocycles. The number of pyridine rings is 2. The molecule has 0 fully saturated rings. The minimum atomic E-state index is -4.60. The Labute approximate surface area is 179 Å². The number of aryl methyl sites for hydroxylation is 2. The van der Waals surface area contributed by atoms with Gasteiger partial charge >= 0.3 is 6.18 Å². The van der Waals surface area contributed by atoms with Crippen molar-refractivity contribution in [3.8, 4) is 23.3 Å². The summed E-state index contributed by atoms with van der Waals surface area (Å²) < 4.78 is 59.2. The van der Waals surface area contributed by atoms with Gasteiger partial charge in [-0.3, -0.25) is 4.21 Å². The van der Waals surface area contributed by atoms with Crippen molar-refractivity contribution in [1.29, 1.82) is 5.26 Å². The second-order valence-electron chi connectivity index (χ2n) is 7.33. The molecule has 7 nitrogen and oxygen atoms in total. The molecule has 0 N–H and O–H groups in total. The molecule has 0 unspecified atom stereocenters. The highest BCUT2D eigenvalue weighted by Gasteiger charge is 2.33. The van der Waals surface area contributed by atoms with Crippen LogP contribution in [0.25, 0.3) is 22.6 Å². The van der Waals surface area contributed by atoms with Crippen LogP contribution in [0.3, 0.4) is 0 Å². The molecular weight excluding hydrogens is 431 g/mol. The number of hydrogen-bond acceptors (Lipinski definition) is 6. The van der Waals surface area contributed by atoms with E-state index in [1.165, 1.54) is 0 Å². The largest absolute Gasteiger partial charge is 0.471 e. The number of imidazole rings is 1. The van der Waals surface area contributed by atoms with Gasteiger partial charge in [0.2, 0.25) is 0 Å². The summed E-state index contributed by atoms with van der Waals surface area (Å²) in [6.45, 7) is 6.58. The van der Waals surface area contributed by atoms with E-state index in [2.05, 4.69) is 15.0 Å². The van der Waals surface area contributed by atoms with Gasteiger partial charge in [-0.25, -0.2) is 15.0 Å². The maximum Gasteiger partial charge on any atom is 0.433 e. The molecule has 3 aromatic rings. The predicted molar refractivity (Wildman–Crippen MR) is 109 cm³/mol. The minimum absolute atomic E-state index is 0.0958. The first kappa shape index (κ1) is 22.7. The zero-order valence-corrected chi connectivity index (χ0v) is 18.4. The van der Waals surface area contributed by atoms with Crippen molar-refractivity contribution in [3.05, 3.63) is 29.7 Å². The predicted octanol–water partition coefficient (Wildman–Crippen LogP) is 4.17. The zero-order chi connectivity index (χ0) is 23.1. The number of rotatable bonds is 5. The standard InChI is InChI=1S/C20H20F3N5O2S/c1-6-31(29)15-8-14(30-19(3,4)10-24)11(2)26-17(15)18-27-12-7-16(20(21,22)23)25-9-13(12)28(18)5/h7-9H,6H2,1-5H3/t31-/m0/s1. The van der Waals surface area contributed by atoms with Gasteiger partial charge in [0.15, 0.2) is 11.4 Å². The third kappa shape index (κ3) is 4.39. The number of hydrogen-bond donors (Lipinski definition) is 0. The average molecular weight is 451 g/mol. The second kappa shape index (κ2) is 7.92. The first-order chi connectivity index (χ1) is 14.4. The van der Waals surface area contributed by atoms with E-state index in [0.29, 0.717) is 21.9 Å². The normalized spacial score (nSPS) is 13.3. The summed E-state index contributed by atoms with van der Waals surface area (Å²) in [5, 5.41) is 9.25. The summed E-state index contributed by atoms with van der Waals surface area (Å²) in [7, 11) is 0.149. The van der Waals surface area contributed by atoms with E-state index >= 15 is 0 Å². The van der Waals surface area contributed by atoms with Gasteiger partial charge < -0.3 is 9.30 Å². The summed E-state index contributed by atoms with van der Waals surface area (Å²) in [4.78, 5) is 12.6. The van der Waals surface area contributed by atoms with Crippen molar-refractivity contribution in [2.75, 3.05) is 5.75 Å². The van der Waals surface area contributed by atoms with Crippen LogP contribution in [0, 0.1) is 18.3 Å². The first-order valence-electron chi connectivity index (χ1n) is 9.28. The average Bonchev–Trinajstić information content (AvgIpc) is 3.03. The van der Waals surface area contributed by atoms with Crippen molar-refractivity contribution in [3.63, 3.8) is 0 Å². The third-order valence-corrected chi connectivity index (χ3v) is 5.87. The molecule has 3 rings (SSSR count). The lowest BCUT2D eigenvalue weighted by atomic mass is 10.1. The molecule has 11 heteroatoms. The fraction of sp³-hybridized carbons (Fsp3) is 0.400. The number of aromatic nitrogens is 4. The highest BCUT2D eigenvalue weighted by atomic mass is 32.2. The number of ether oxygens (including phenoxy) is 1. The monoisotopic (exact) mass is 451 g/mol. The number of halogens is 3. The van der Waals surface area contributed by atoms with Crippen molar-refractivity contribution in [2.24, 2.45) is 7.05 Å². The van der Waals surface area contributed by atoms with Gasteiger partial charge in [0.25, 0.3) is 0 Å². The lowest BCUT2D eigenvalue weighted by Crippen LogP contribution is -2.26. The molecule has 0 spiro atoms. The van der Waals surface area contributed by atoms with E-state index in [-0.39, 0.29) is 22.8 Å². The number of alkyl halides is 3. The van der Waals surface area contributed by atoms with Gasteiger partial charge in [-0.1, -0.05) is 6.92 Å². The van der Waals surface area contributed by atoms with E-state index in [1.807, 2.05) is 6.07 Å². The molecule has 0 aromatic carbocycles. The highest BCUT2D eigenvalue weighted by molar-refractivity contribution is 7.85. The Morgan fingerprint density at radius 3 is 2.52 bits per heavy atom. The molecular formula is C20H20F3N5O2S. The van der Waals surface area contributed by atoms with Crippen LogP contribution < -0.4 is 4.74 Å². The number of nitriles is 1. The number of nitrogens with zero attached hydrogens (tertiary/aromatic N) is 5. The van der Waals surface area contributed by atoms with Crippen molar-refractivity contribution >= 4 is 21.8 Å². The van der Waals surface area contributed by atoms with Gasteiger partial charge in [-0.15, -0.1) is 0 Å². The van der Waals surface area contributed by atoms with Gasteiger partial charge in [-0.2, -0.15) is 18.4 Å². The van der Waals surface area contributed by atoms with Gasteiger partial charge in [0, 0.05) is 18.9 Å².